The minimum Gasteiger partial charge on any atom is -0.318 e. The first-order valence-electron chi connectivity index (χ1n) is 3.92. The summed E-state index contributed by atoms with van der Waals surface area (Å²) in [4.78, 5) is 1.94. The zero-order valence-corrected chi connectivity index (χ0v) is 9.79. The molecule has 0 amide bonds. The van der Waals surface area contributed by atoms with Crippen molar-refractivity contribution in [2.24, 2.45) is 0 Å². The normalized spacial score (nSPS) is 10.1. The molecular formula is C8H7BrN4S. The largest absolute Gasteiger partial charge is 0.318 e. The maximum Gasteiger partial charge on any atom is 0.232 e. The zero-order valence-electron chi connectivity index (χ0n) is 7.38. The third-order valence-corrected chi connectivity index (χ3v) is 2.99. The smallest absolute Gasteiger partial charge is 0.232 e. The van der Waals surface area contributed by atoms with Crippen LogP contribution in [0.15, 0.2) is 28.7 Å². The number of rotatable bonds is 2. The first kappa shape index (κ1) is 9.54. The minimum absolute atomic E-state index is 0.785. The molecule has 0 aliphatic rings. The molecule has 0 unspecified atom stereocenters. The van der Waals surface area contributed by atoms with Crippen LogP contribution >= 0.6 is 27.5 Å². The Morgan fingerprint density at radius 3 is 2.57 bits per heavy atom. The van der Waals surface area contributed by atoms with E-state index in [0.717, 1.165) is 15.3 Å². The van der Waals surface area contributed by atoms with Crippen molar-refractivity contribution in [2.75, 3.05) is 11.9 Å². The predicted octanol–water partition coefficient (Wildman–Crippen LogP) is 2.46. The number of halogens is 1. The highest BCUT2D eigenvalue weighted by Crippen LogP contribution is 2.24. The molecule has 0 fully saturated rings. The molecule has 0 saturated heterocycles. The molecule has 1 heterocycles. The summed E-state index contributed by atoms with van der Waals surface area (Å²) in [5.74, 6) is 0. The Balaban J connectivity index is 2.28. The zero-order chi connectivity index (χ0) is 9.97. The van der Waals surface area contributed by atoms with Crippen LogP contribution in [-0.2, 0) is 0 Å². The molecule has 0 spiro atoms. The van der Waals surface area contributed by atoms with Crippen LogP contribution in [0, 0.1) is 0 Å². The van der Waals surface area contributed by atoms with Crippen molar-refractivity contribution in [2.45, 2.75) is 0 Å². The van der Waals surface area contributed by atoms with Crippen molar-refractivity contribution in [3.8, 4) is 0 Å². The molecule has 1 aromatic heterocycles. The molecule has 0 aliphatic heterocycles. The third kappa shape index (κ3) is 1.91. The molecule has 14 heavy (non-hydrogen) atoms. The molecule has 0 atom stereocenters. The van der Waals surface area contributed by atoms with Gasteiger partial charge in [0.2, 0.25) is 5.13 Å². The maximum absolute atomic E-state index is 3.89. The highest BCUT2D eigenvalue weighted by molar-refractivity contribution is 9.10. The van der Waals surface area contributed by atoms with E-state index in [-0.39, 0.29) is 0 Å². The quantitative estimate of drug-likeness (QED) is 0.841. The summed E-state index contributed by atoms with van der Waals surface area (Å²) in [6.07, 6.45) is 0. The van der Waals surface area contributed by atoms with Crippen LogP contribution in [-0.4, -0.2) is 21.8 Å². The summed E-state index contributed by atoms with van der Waals surface area (Å²) >= 11 is 4.66. The summed E-state index contributed by atoms with van der Waals surface area (Å²) < 4.78 is 4.78. The summed E-state index contributed by atoms with van der Waals surface area (Å²) in [5.41, 5.74) is 1.06. The van der Waals surface area contributed by atoms with E-state index in [0.29, 0.717) is 0 Å². The van der Waals surface area contributed by atoms with Crippen molar-refractivity contribution >= 4 is 38.3 Å². The van der Waals surface area contributed by atoms with Gasteiger partial charge in [-0.15, -0.1) is 0 Å². The minimum atomic E-state index is 0.785. The Labute approximate surface area is 93.9 Å². The number of aromatic nitrogens is 3. The van der Waals surface area contributed by atoms with Crippen molar-refractivity contribution in [3.05, 3.63) is 28.7 Å². The molecule has 1 aromatic carbocycles. The highest BCUT2D eigenvalue weighted by Gasteiger charge is 2.06. The summed E-state index contributed by atoms with van der Waals surface area (Å²) in [6, 6.07) is 7.98. The third-order valence-electron chi connectivity index (χ3n) is 1.79. The summed E-state index contributed by atoms with van der Waals surface area (Å²) in [5, 5.41) is 8.23. The number of hydrogen-bond donors (Lipinski definition) is 0. The fourth-order valence-electron chi connectivity index (χ4n) is 1.03. The summed E-state index contributed by atoms with van der Waals surface area (Å²) in [7, 11) is 1.94. The standard InChI is InChI=1S/C8H7BrN4S/c1-13(8-10-11-12-14-8)7-4-2-6(9)3-5-7/h2-5H,1H3. The van der Waals surface area contributed by atoms with Gasteiger partial charge < -0.3 is 4.90 Å². The lowest BCUT2D eigenvalue weighted by Crippen LogP contribution is -2.08. The van der Waals surface area contributed by atoms with Crippen molar-refractivity contribution in [3.63, 3.8) is 0 Å². The second-order valence-corrected chi connectivity index (χ2v) is 4.31. The molecule has 0 N–H and O–H groups in total. The molecule has 72 valence electrons. The topological polar surface area (TPSA) is 41.9 Å². The Kier molecular flexibility index (Phi) is 2.74. The highest BCUT2D eigenvalue weighted by atomic mass is 79.9. The molecule has 2 rings (SSSR count). The predicted molar refractivity (Wildman–Crippen MR) is 59.9 cm³/mol. The molecule has 0 aliphatic carbocycles. The van der Waals surface area contributed by atoms with E-state index in [1.165, 1.54) is 11.5 Å². The lowest BCUT2D eigenvalue weighted by Gasteiger charge is -2.13. The average Bonchev–Trinajstić information content (AvgIpc) is 2.71. The van der Waals surface area contributed by atoms with Crippen molar-refractivity contribution in [1.29, 1.82) is 0 Å². The molecular weight excluding hydrogens is 264 g/mol. The average molecular weight is 271 g/mol. The van der Waals surface area contributed by atoms with E-state index in [4.69, 9.17) is 0 Å². The second kappa shape index (κ2) is 4.02. The van der Waals surface area contributed by atoms with E-state index in [9.17, 15) is 0 Å². The molecule has 2 aromatic rings. The van der Waals surface area contributed by atoms with Gasteiger partial charge in [0.05, 0.1) is 0 Å². The maximum atomic E-state index is 3.89. The van der Waals surface area contributed by atoms with Crippen molar-refractivity contribution in [1.82, 2.24) is 14.8 Å². The van der Waals surface area contributed by atoms with Crippen LogP contribution in [0.25, 0.3) is 0 Å². The van der Waals surface area contributed by atoms with E-state index in [1.807, 2.05) is 36.2 Å². The van der Waals surface area contributed by atoms with Gasteiger partial charge in [-0.25, -0.2) is 0 Å². The van der Waals surface area contributed by atoms with Crippen LogP contribution in [0.2, 0.25) is 0 Å². The lowest BCUT2D eigenvalue weighted by atomic mass is 10.3. The van der Waals surface area contributed by atoms with E-state index >= 15 is 0 Å². The molecule has 0 saturated carbocycles. The monoisotopic (exact) mass is 270 g/mol. The molecule has 6 heteroatoms. The Morgan fingerprint density at radius 2 is 2.00 bits per heavy atom. The van der Waals surface area contributed by atoms with Crippen LogP contribution in [0.5, 0.6) is 0 Å². The Bertz CT molecular complexity index is 400. The number of hydrogen-bond acceptors (Lipinski definition) is 5. The van der Waals surface area contributed by atoms with Crippen molar-refractivity contribution < 1.29 is 0 Å². The van der Waals surface area contributed by atoms with Gasteiger partial charge in [-0.05, 0) is 29.5 Å². The van der Waals surface area contributed by atoms with Gasteiger partial charge >= 0.3 is 0 Å². The van der Waals surface area contributed by atoms with Gasteiger partial charge in [0, 0.05) is 28.7 Å². The van der Waals surface area contributed by atoms with Gasteiger partial charge in [0.1, 0.15) is 0 Å². The van der Waals surface area contributed by atoms with Crippen LogP contribution in [0.1, 0.15) is 0 Å². The van der Waals surface area contributed by atoms with E-state index in [2.05, 4.69) is 30.7 Å². The van der Waals surface area contributed by atoms with E-state index < -0.39 is 0 Å². The Hall–Kier alpha value is -1.01. The van der Waals surface area contributed by atoms with Gasteiger partial charge in [0.15, 0.2) is 0 Å². The van der Waals surface area contributed by atoms with Gasteiger partial charge in [-0.3, -0.25) is 0 Å². The number of anilines is 2. The van der Waals surface area contributed by atoms with Gasteiger partial charge in [-0.2, -0.15) is 0 Å². The van der Waals surface area contributed by atoms with Gasteiger partial charge in [0.25, 0.3) is 0 Å². The molecule has 4 nitrogen and oxygen atoms in total. The fourth-order valence-corrected chi connectivity index (χ4v) is 1.74. The van der Waals surface area contributed by atoms with E-state index in [1.54, 1.807) is 0 Å². The van der Waals surface area contributed by atoms with Gasteiger partial charge in [-0.1, -0.05) is 25.5 Å². The summed E-state index contributed by atoms with van der Waals surface area (Å²) in [6.45, 7) is 0. The second-order valence-electron chi connectivity index (χ2n) is 2.68. The lowest BCUT2D eigenvalue weighted by molar-refractivity contribution is 0.944. The number of benzene rings is 1. The molecule has 0 radical (unpaired) electrons. The number of nitrogens with zero attached hydrogens (tertiary/aromatic N) is 4. The molecule has 0 bridgehead atoms. The first-order valence-corrected chi connectivity index (χ1v) is 5.48. The fraction of sp³-hybridized carbons (Fsp3) is 0.125. The SMILES string of the molecule is CN(c1ccc(Br)cc1)c1nnns1. The van der Waals surface area contributed by atoms with Crippen LogP contribution < -0.4 is 4.90 Å². The first-order chi connectivity index (χ1) is 6.77. The van der Waals surface area contributed by atoms with Crippen LogP contribution in [0.3, 0.4) is 0 Å². The Morgan fingerprint density at radius 1 is 1.29 bits per heavy atom. The van der Waals surface area contributed by atoms with Crippen LogP contribution in [0.4, 0.5) is 10.8 Å².